The maximum atomic E-state index is 5.70. The lowest BCUT2D eigenvalue weighted by molar-refractivity contribution is 0.117. The zero-order valence-corrected chi connectivity index (χ0v) is 16.2. The van der Waals surface area contributed by atoms with E-state index in [1.165, 1.54) is 5.56 Å². The molecule has 0 unspecified atom stereocenters. The number of rotatable bonds is 11. The lowest BCUT2D eigenvalue weighted by Crippen LogP contribution is -2.47. The van der Waals surface area contributed by atoms with Gasteiger partial charge in [0.15, 0.2) is 0 Å². The average Bonchev–Trinajstić information content (AvgIpc) is 2.64. The van der Waals surface area contributed by atoms with E-state index in [0.29, 0.717) is 5.92 Å². The minimum atomic E-state index is 0.482. The summed E-state index contributed by atoms with van der Waals surface area (Å²) in [6, 6.07) is 0. The normalized spacial score (nSPS) is 15.9. The van der Waals surface area contributed by atoms with Gasteiger partial charge in [-0.3, -0.25) is 4.90 Å². The molecule has 142 valence electrons. The van der Waals surface area contributed by atoms with E-state index in [-0.39, 0.29) is 0 Å². The standard InChI is InChI=1S/C19H35N5O/c1-4-20-7-5-13-25-14-6-8-23-9-11-24(12-10-23)19-21-15-18(16-22-19)17(2)3/h15-17,20H,4-14H2,1-3H3. The Morgan fingerprint density at radius 3 is 2.40 bits per heavy atom. The van der Waals surface area contributed by atoms with Crippen LogP contribution in [0.2, 0.25) is 0 Å². The molecule has 0 saturated carbocycles. The van der Waals surface area contributed by atoms with Gasteiger partial charge in [-0.05, 0) is 37.4 Å². The number of aromatic nitrogens is 2. The number of anilines is 1. The number of nitrogens with one attached hydrogen (secondary N) is 1. The molecule has 2 rings (SSSR count). The van der Waals surface area contributed by atoms with Gasteiger partial charge in [0.2, 0.25) is 5.95 Å². The van der Waals surface area contributed by atoms with Crippen molar-refractivity contribution in [3.05, 3.63) is 18.0 Å². The molecule has 0 amide bonds. The molecule has 1 fully saturated rings. The van der Waals surface area contributed by atoms with E-state index >= 15 is 0 Å². The molecular weight excluding hydrogens is 314 g/mol. The minimum Gasteiger partial charge on any atom is -0.381 e. The smallest absolute Gasteiger partial charge is 0.225 e. The Kier molecular flexibility index (Phi) is 9.15. The van der Waals surface area contributed by atoms with E-state index < -0.39 is 0 Å². The highest BCUT2D eigenvalue weighted by Gasteiger charge is 2.18. The summed E-state index contributed by atoms with van der Waals surface area (Å²) in [5, 5.41) is 3.31. The third kappa shape index (κ3) is 7.26. The summed E-state index contributed by atoms with van der Waals surface area (Å²) in [5.74, 6) is 1.35. The van der Waals surface area contributed by atoms with Crippen molar-refractivity contribution < 1.29 is 4.74 Å². The fourth-order valence-corrected chi connectivity index (χ4v) is 2.93. The van der Waals surface area contributed by atoms with Crippen molar-refractivity contribution in [1.82, 2.24) is 20.2 Å². The fraction of sp³-hybridized carbons (Fsp3) is 0.789. The first-order chi connectivity index (χ1) is 12.2. The van der Waals surface area contributed by atoms with Gasteiger partial charge in [-0.2, -0.15) is 0 Å². The molecule has 0 atom stereocenters. The molecule has 1 aliphatic heterocycles. The zero-order valence-electron chi connectivity index (χ0n) is 16.2. The molecule has 1 N–H and O–H groups in total. The monoisotopic (exact) mass is 349 g/mol. The molecule has 25 heavy (non-hydrogen) atoms. The van der Waals surface area contributed by atoms with Gasteiger partial charge in [-0.25, -0.2) is 9.97 Å². The van der Waals surface area contributed by atoms with E-state index in [4.69, 9.17) is 4.74 Å². The van der Waals surface area contributed by atoms with Crippen molar-refractivity contribution >= 4 is 5.95 Å². The molecule has 0 bridgehead atoms. The Morgan fingerprint density at radius 2 is 1.76 bits per heavy atom. The van der Waals surface area contributed by atoms with Crippen LogP contribution in [-0.2, 0) is 4.74 Å². The highest BCUT2D eigenvalue weighted by atomic mass is 16.5. The Labute approximate surface area is 153 Å². The predicted octanol–water partition coefficient (Wildman–Crippen LogP) is 2.13. The second kappa shape index (κ2) is 11.4. The number of piperazine rings is 1. The number of hydrogen-bond acceptors (Lipinski definition) is 6. The van der Waals surface area contributed by atoms with Crippen LogP contribution >= 0.6 is 0 Å². The van der Waals surface area contributed by atoms with Crippen LogP contribution in [-0.4, -0.2) is 73.9 Å². The van der Waals surface area contributed by atoms with Crippen LogP contribution in [0.1, 0.15) is 45.1 Å². The molecule has 2 heterocycles. The van der Waals surface area contributed by atoms with Crippen LogP contribution in [0.25, 0.3) is 0 Å². The molecule has 6 heteroatoms. The predicted molar refractivity (Wildman–Crippen MR) is 103 cm³/mol. The van der Waals surface area contributed by atoms with Gasteiger partial charge in [0.25, 0.3) is 0 Å². The van der Waals surface area contributed by atoms with Crippen molar-refractivity contribution in [1.29, 1.82) is 0 Å². The molecule has 0 radical (unpaired) electrons. The first kappa shape index (κ1) is 20.1. The van der Waals surface area contributed by atoms with Gasteiger partial charge < -0.3 is 15.0 Å². The van der Waals surface area contributed by atoms with E-state index in [1.807, 2.05) is 12.4 Å². The Hall–Kier alpha value is -1.24. The Morgan fingerprint density at radius 1 is 1.08 bits per heavy atom. The summed E-state index contributed by atoms with van der Waals surface area (Å²) >= 11 is 0. The third-order valence-electron chi connectivity index (χ3n) is 4.64. The van der Waals surface area contributed by atoms with Crippen molar-refractivity contribution in [3.8, 4) is 0 Å². The van der Waals surface area contributed by atoms with Gasteiger partial charge in [-0.1, -0.05) is 20.8 Å². The number of hydrogen-bond donors (Lipinski definition) is 1. The van der Waals surface area contributed by atoms with Crippen molar-refractivity contribution in [2.45, 2.75) is 39.5 Å². The Balaban J connectivity index is 1.57. The lowest BCUT2D eigenvalue weighted by atomic mass is 10.1. The first-order valence-electron chi connectivity index (χ1n) is 9.78. The fourth-order valence-electron chi connectivity index (χ4n) is 2.93. The van der Waals surface area contributed by atoms with Crippen LogP contribution in [0.4, 0.5) is 5.95 Å². The number of ether oxygens (including phenoxy) is 1. The molecule has 0 aliphatic carbocycles. The first-order valence-corrected chi connectivity index (χ1v) is 9.78. The molecule has 1 aliphatic rings. The molecule has 0 spiro atoms. The van der Waals surface area contributed by atoms with Crippen LogP contribution in [0.3, 0.4) is 0 Å². The van der Waals surface area contributed by atoms with Crippen LogP contribution in [0.5, 0.6) is 0 Å². The molecule has 6 nitrogen and oxygen atoms in total. The van der Waals surface area contributed by atoms with Gasteiger partial charge in [0.1, 0.15) is 0 Å². The summed E-state index contributed by atoms with van der Waals surface area (Å²) in [7, 11) is 0. The average molecular weight is 350 g/mol. The van der Waals surface area contributed by atoms with E-state index in [9.17, 15) is 0 Å². The summed E-state index contributed by atoms with van der Waals surface area (Å²) < 4.78 is 5.70. The SMILES string of the molecule is CCNCCCOCCCN1CCN(c2ncc(C(C)C)cn2)CC1. The van der Waals surface area contributed by atoms with Crippen molar-refractivity contribution in [2.24, 2.45) is 0 Å². The van der Waals surface area contributed by atoms with Crippen LogP contribution in [0.15, 0.2) is 12.4 Å². The maximum Gasteiger partial charge on any atom is 0.225 e. The van der Waals surface area contributed by atoms with E-state index in [2.05, 4.69) is 45.9 Å². The molecular formula is C19H35N5O. The second-order valence-electron chi connectivity index (χ2n) is 6.97. The quantitative estimate of drug-likeness (QED) is 0.618. The third-order valence-corrected chi connectivity index (χ3v) is 4.64. The van der Waals surface area contributed by atoms with Crippen LogP contribution in [0, 0.1) is 0 Å². The summed E-state index contributed by atoms with van der Waals surface area (Å²) in [4.78, 5) is 13.9. The molecule has 1 aromatic rings. The van der Waals surface area contributed by atoms with Crippen LogP contribution < -0.4 is 10.2 Å². The second-order valence-corrected chi connectivity index (χ2v) is 6.97. The molecule has 1 aromatic heterocycles. The summed E-state index contributed by atoms with van der Waals surface area (Å²) in [6.07, 6.45) is 6.14. The number of nitrogens with zero attached hydrogens (tertiary/aromatic N) is 4. The van der Waals surface area contributed by atoms with Crippen molar-refractivity contribution in [3.63, 3.8) is 0 Å². The van der Waals surface area contributed by atoms with Crippen molar-refractivity contribution in [2.75, 3.05) is 63.9 Å². The molecule has 1 saturated heterocycles. The largest absolute Gasteiger partial charge is 0.381 e. The van der Waals surface area contributed by atoms with E-state index in [0.717, 1.165) is 77.8 Å². The topological polar surface area (TPSA) is 53.5 Å². The van der Waals surface area contributed by atoms with Gasteiger partial charge in [0.05, 0.1) is 0 Å². The zero-order chi connectivity index (χ0) is 17.9. The van der Waals surface area contributed by atoms with Gasteiger partial charge in [0, 0.05) is 58.3 Å². The maximum absolute atomic E-state index is 5.70. The van der Waals surface area contributed by atoms with E-state index in [1.54, 1.807) is 0 Å². The van der Waals surface area contributed by atoms with Gasteiger partial charge in [-0.15, -0.1) is 0 Å². The summed E-state index contributed by atoms with van der Waals surface area (Å²) in [5.41, 5.74) is 1.20. The Bertz CT molecular complexity index is 457. The van der Waals surface area contributed by atoms with Gasteiger partial charge >= 0.3 is 0 Å². The highest BCUT2D eigenvalue weighted by molar-refractivity contribution is 5.31. The highest BCUT2D eigenvalue weighted by Crippen LogP contribution is 2.15. The minimum absolute atomic E-state index is 0.482. The lowest BCUT2D eigenvalue weighted by Gasteiger charge is -2.34. The molecule has 0 aromatic carbocycles. The summed E-state index contributed by atoms with van der Waals surface area (Å²) in [6.45, 7) is 15.6.